The van der Waals surface area contributed by atoms with Crippen LogP contribution in [0.25, 0.3) is 0 Å². The van der Waals surface area contributed by atoms with E-state index < -0.39 is 47.0 Å². The number of esters is 2. The highest BCUT2D eigenvalue weighted by Crippen LogP contribution is 2.55. The van der Waals surface area contributed by atoms with E-state index >= 15 is 0 Å². The Morgan fingerprint density at radius 2 is 2.07 bits per heavy atom. The minimum Gasteiger partial charge on any atom is -0.427 e. The first-order valence-electron chi connectivity index (χ1n) is 9.28. The molecule has 162 valence electrons. The van der Waals surface area contributed by atoms with Crippen molar-refractivity contribution in [3.63, 3.8) is 0 Å². The van der Waals surface area contributed by atoms with Gasteiger partial charge in [-0.05, 0) is 34.1 Å². The van der Waals surface area contributed by atoms with Crippen molar-refractivity contribution < 1.29 is 33.2 Å². The number of carbonyl (C=O) groups is 3. The van der Waals surface area contributed by atoms with Gasteiger partial charge in [0, 0.05) is 27.6 Å². The van der Waals surface area contributed by atoms with Gasteiger partial charge in [0.05, 0.1) is 21.7 Å². The number of β-lactam (4-membered cyclic amide) rings is 1. The van der Waals surface area contributed by atoms with Crippen LogP contribution in [0.4, 0.5) is 0 Å². The molecule has 3 rings (SSSR count). The van der Waals surface area contributed by atoms with Crippen LogP contribution >= 0.6 is 23.5 Å². The first-order valence-corrected chi connectivity index (χ1v) is 12.5. The largest absolute Gasteiger partial charge is 0.427 e. The summed E-state index contributed by atoms with van der Waals surface area (Å²) in [5.74, 6) is -1.01. The summed E-state index contributed by atoms with van der Waals surface area (Å²) in [7, 11) is -0.864. The third-order valence-electron chi connectivity index (χ3n) is 4.76. The lowest BCUT2D eigenvalue weighted by Gasteiger charge is -2.43. The molecular weight excluding hydrogens is 438 g/mol. The fourth-order valence-corrected chi connectivity index (χ4v) is 8.37. The number of carbonyl (C=O) groups excluding carboxylic acids is 3. The van der Waals surface area contributed by atoms with E-state index in [1.807, 2.05) is 0 Å². The average Bonchev–Trinajstić information content (AvgIpc) is 3.15. The van der Waals surface area contributed by atoms with Gasteiger partial charge in [-0.3, -0.25) is 18.7 Å². The lowest BCUT2D eigenvalue weighted by molar-refractivity contribution is -0.174. The molecule has 0 unspecified atom stereocenters. The smallest absolute Gasteiger partial charge is 0.359 e. The highest BCUT2D eigenvalue weighted by atomic mass is 32.2. The van der Waals surface area contributed by atoms with Crippen molar-refractivity contribution in [1.29, 1.82) is 0 Å². The number of thioether (sulfide) groups is 2. The van der Waals surface area contributed by atoms with Crippen LogP contribution in [0, 0.1) is 11.3 Å². The van der Waals surface area contributed by atoms with Gasteiger partial charge in [0.2, 0.25) is 12.7 Å². The number of hydrogen-bond donors (Lipinski definition) is 1. The molecule has 11 heteroatoms. The number of aliphatic hydroxyl groups excluding tert-OH is 1. The Morgan fingerprint density at radius 1 is 1.38 bits per heavy atom. The van der Waals surface area contributed by atoms with Crippen molar-refractivity contribution in [2.75, 3.05) is 18.3 Å². The predicted molar refractivity (Wildman–Crippen MR) is 111 cm³/mol. The summed E-state index contributed by atoms with van der Waals surface area (Å²) in [6, 6.07) is 0. The highest BCUT2D eigenvalue weighted by Gasteiger charge is 2.58. The lowest BCUT2D eigenvalue weighted by atomic mass is 9.92. The Morgan fingerprint density at radius 3 is 2.62 bits per heavy atom. The standard InChI is InChI=1S/C18H25NO7S3/c1-9(20)11-13(21)19-12(15(22)25-8-26-17(23)18(2,3)4)16(28-14(11)19)27-10-5-6-29(24)7-10/h9-11,14,20H,5-8H2,1-4H3/t9-,10-,11+,14-,29+/m1/s1. The molecule has 0 saturated carbocycles. The SMILES string of the molecule is C[C@@H](O)[C@H]1C(=O)N2C(C(=O)OCOC(=O)C(C)(C)C)=C(S[C@@H]3CC[S@](=O)C3)S[C@H]12. The van der Waals surface area contributed by atoms with E-state index in [9.17, 15) is 23.7 Å². The topological polar surface area (TPSA) is 110 Å². The molecule has 29 heavy (non-hydrogen) atoms. The van der Waals surface area contributed by atoms with Crippen LogP contribution in [0.5, 0.6) is 0 Å². The molecule has 0 aromatic rings. The maximum Gasteiger partial charge on any atom is 0.359 e. The van der Waals surface area contributed by atoms with Crippen LogP contribution in [-0.2, 0) is 34.7 Å². The molecule has 3 heterocycles. The third kappa shape index (κ3) is 4.67. The maximum absolute atomic E-state index is 12.7. The number of hydrogen-bond acceptors (Lipinski definition) is 9. The summed E-state index contributed by atoms with van der Waals surface area (Å²) in [5.41, 5.74) is -0.604. The Bertz CT molecular complexity index is 774. The lowest BCUT2D eigenvalue weighted by Crippen LogP contribution is -2.60. The van der Waals surface area contributed by atoms with Crippen molar-refractivity contribution in [1.82, 2.24) is 4.90 Å². The summed E-state index contributed by atoms with van der Waals surface area (Å²) in [4.78, 5) is 38.4. The first-order chi connectivity index (χ1) is 13.5. The monoisotopic (exact) mass is 463 g/mol. The van der Waals surface area contributed by atoms with Crippen molar-refractivity contribution in [2.24, 2.45) is 11.3 Å². The van der Waals surface area contributed by atoms with Gasteiger partial charge in [-0.25, -0.2) is 4.79 Å². The molecule has 2 fully saturated rings. The van der Waals surface area contributed by atoms with Gasteiger partial charge in [-0.2, -0.15) is 0 Å². The molecule has 2 saturated heterocycles. The predicted octanol–water partition coefficient (Wildman–Crippen LogP) is 1.41. The van der Waals surface area contributed by atoms with Crippen LogP contribution in [-0.4, -0.2) is 67.1 Å². The van der Waals surface area contributed by atoms with Crippen molar-refractivity contribution in [3.8, 4) is 0 Å². The fraction of sp³-hybridized carbons (Fsp3) is 0.722. The van der Waals surface area contributed by atoms with Crippen LogP contribution in [0.1, 0.15) is 34.1 Å². The van der Waals surface area contributed by atoms with Gasteiger partial charge in [-0.1, -0.05) is 11.8 Å². The summed E-state index contributed by atoms with van der Waals surface area (Å²) in [5, 5.41) is 9.63. The van der Waals surface area contributed by atoms with E-state index in [4.69, 9.17) is 9.47 Å². The summed E-state index contributed by atoms with van der Waals surface area (Å²) < 4.78 is 22.4. The molecule has 3 aliphatic rings. The Labute approximate surface area is 180 Å². The zero-order chi connectivity index (χ0) is 21.5. The second-order valence-corrected chi connectivity index (χ2v) is 12.5. The van der Waals surface area contributed by atoms with E-state index in [1.165, 1.54) is 28.4 Å². The Hall–Kier alpha value is -1.04. The van der Waals surface area contributed by atoms with Crippen molar-refractivity contribution in [2.45, 2.75) is 50.8 Å². The van der Waals surface area contributed by atoms with Crippen LogP contribution < -0.4 is 0 Å². The number of aliphatic hydroxyl groups is 1. The molecule has 0 aromatic heterocycles. The molecule has 3 aliphatic heterocycles. The molecular formula is C18H25NO7S3. The average molecular weight is 464 g/mol. The zero-order valence-electron chi connectivity index (χ0n) is 16.7. The van der Waals surface area contributed by atoms with E-state index in [0.717, 1.165) is 6.42 Å². The number of nitrogens with zero attached hydrogens (tertiary/aromatic N) is 1. The molecule has 0 bridgehead atoms. The molecule has 5 atom stereocenters. The minimum absolute atomic E-state index is 0.0960. The molecule has 1 N–H and O–H groups in total. The number of fused-ring (bicyclic) bond motifs is 1. The van der Waals surface area contributed by atoms with Crippen molar-refractivity contribution >= 4 is 52.2 Å². The van der Waals surface area contributed by atoms with Gasteiger partial charge < -0.3 is 14.6 Å². The maximum atomic E-state index is 12.7. The van der Waals surface area contributed by atoms with E-state index in [0.29, 0.717) is 15.7 Å². The normalized spacial score (nSPS) is 30.1. The number of amides is 1. The first kappa shape index (κ1) is 22.6. The summed E-state index contributed by atoms with van der Waals surface area (Å²) in [6.07, 6.45) is -0.0599. The quantitative estimate of drug-likeness (QED) is 0.355. The van der Waals surface area contributed by atoms with Crippen LogP contribution in [0.15, 0.2) is 9.93 Å². The Kier molecular flexibility index (Phi) is 6.72. The van der Waals surface area contributed by atoms with Gasteiger partial charge in [0.25, 0.3) is 0 Å². The van der Waals surface area contributed by atoms with Gasteiger partial charge in [0.15, 0.2) is 5.70 Å². The van der Waals surface area contributed by atoms with Crippen LogP contribution in [0.2, 0.25) is 0 Å². The number of rotatable bonds is 6. The molecule has 0 radical (unpaired) electrons. The van der Waals surface area contributed by atoms with Gasteiger partial charge in [-0.15, -0.1) is 11.8 Å². The summed E-state index contributed by atoms with van der Waals surface area (Å²) >= 11 is 2.78. The van der Waals surface area contributed by atoms with E-state index in [2.05, 4.69) is 0 Å². The second kappa shape index (κ2) is 8.60. The highest BCUT2D eigenvalue weighted by molar-refractivity contribution is 8.23. The summed E-state index contributed by atoms with van der Waals surface area (Å²) in [6.45, 7) is 6.07. The van der Waals surface area contributed by atoms with Crippen LogP contribution in [0.3, 0.4) is 0 Å². The molecule has 8 nitrogen and oxygen atoms in total. The van der Waals surface area contributed by atoms with Gasteiger partial charge in [0.1, 0.15) is 5.37 Å². The molecule has 0 spiro atoms. The third-order valence-corrected chi connectivity index (χ3v) is 9.31. The zero-order valence-corrected chi connectivity index (χ0v) is 19.2. The molecule has 0 aromatic carbocycles. The molecule has 1 amide bonds. The van der Waals surface area contributed by atoms with Gasteiger partial charge >= 0.3 is 11.9 Å². The van der Waals surface area contributed by atoms with Crippen molar-refractivity contribution in [3.05, 3.63) is 9.93 Å². The Balaban J connectivity index is 1.72. The minimum atomic E-state index is -0.864. The van der Waals surface area contributed by atoms with E-state index in [-0.39, 0.29) is 22.2 Å². The second-order valence-electron chi connectivity index (χ2n) is 8.19. The number of ether oxygens (including phenoxy) is 2. The fourth-order valence-electron chi connectivity index (χ4n) is 3.13. The van der Waals surface area contributed by atoms with E-state index in [1.54, 1.807) is 27.7 Å². The molecule has 0 aliphatic carbocycles.